The molecule has 0 unspecified atom stereocenters. The van der Waals surface area contributed by atoms with Crippen LogP contribution in [0.5, 0.6) is 0 Å². The lowest BCUT2D eigenvalue weighted by Crippen LogP contribution is -2.37. The highest BCUT2D eigenvalue weighted by Crippen LogP contribution is 2.35. The Balaban J connectivity index is 2.40. The zero-order valence-electron chi connectivity index (χ0n) is 13.0. The molecule has 22 heavy (non-hydrogen) atoms. The van der Waals surface area contributed by atoms with E-state index >= 15 is 0 Å². The van der Waals surface area contributed by atoms with Gasteiger partial charge in [0.15, 0.2) is 0 Å². The number of aryl methyl sites for hydroxylation is 1. The van der Waals surface area contributed by atoms with E-state index in [-0.39, 0.29) is 0 Å². The molecule has 0 saturated heterocycles. The van der Waals surface area contributed by atoms with Crippen molar-refractivity contribution >= 4 is 11.8 Å². The number of rotatable bonds is 0. The third-order valence-electron chi connectivity index (χ3n) is 3.40. The fourth-order valence-corrected chi connectivity index (χ4v) is 2.42. The fourth-order valence-electron chi connectivity index (χ4n) is 2.42. The fraction of sp³-hybridized carbons (Fsp3) is 0.562. The van der Waals surface area contributed by atoms with Crippen LogP contribution in [0.3, 0.4) is 0 Å². The molecule has 2 rings (SSSR count). The van der Waals surface area contributed by atoms with E-state index in [2.05, 4.69) is 0 Å². The summed E-state index contributed by atoms with van der Waals surface area (Å²) >= 11 is 0. The van der Waals surface area contributed by atoms with Gasteiger partial charge in [0.2, 0.25) is 0 Å². The Labute approximate surface area is 128 Å². The molecule has 0 atom stereocenters. The molecular formula is C16H20F3NO2. The molecule has 1 amide bonds. The lowest BCUT2D eigenvalue weighted by Gasteiger charge is -2.28. The molecule has 1 aromatic rings. The molecular weight excluding hydrogens is 295 g/mol. The van der Waals surface area contributed by atoms with Gasteiger partial charge in [0.1, 0.15) is 5.60 Å². The number of anilines is 1. The van der Waals surface area contributed by atoms with Crippen molar-refractivity contribution in [3.63, 3.8) is 0 Å². The van der Waals surface area contributed by atoms with Crippen molar-refractivity contribution in [3.05, 3.63) is 29.3 Å². The molecule has 1 aliphatic rings. The van der Waals surface area contributed by atoms with Crippen LogP contribution in [0.25, 0.3) is 0 Å². The van der Waals surface area contributed by atoms with Gasteiger partial charge in [-0.2, -0.15) is 13.2 Å². The summed E-state index contributed by atoms with van der Waals surface area (Å²) in [5.74, 6) is 0. The molecule has 122 valence electrons. The summed E-state index contributed by atoms with van der Waals surface area (Å²) in [4.78, 5) is 13.6. The SMILES string of the molecule is CC(C)(C)OC(=O)N1CCCCc2ccc(C(F)(F)F)cc21. The van der Waals surface area contributed by atoms with Crippen LogP contribution in [-0.2, 0) is 17.3 Å². The van der Waals surface area contributed by atoms with Crippen molar-refractivity contribution in [3.8, 4) is 0 Å². The van der Waals surface area contributed by atoms with Gasteiger partial charge in [-0.3, -0.25) is 4.90 Å². The first kappa shape index (κ1) is 16.6. The number of fused-ring (bicyclic) bond motifs is 1. The van der Waals surface area contributed by atoms with E-state index in [4.69, 9.17) is 4.74 Å². The number of amides is 1. The minimum atomic E-state index is -4.43. The summed E-state index contributed by atoms with van der Waals surface area (Å²) in [6.07, 6.45) is -2.81. The Bertz CT molecular complexity index is 561. The molecule has 0 spiro atoms. The van der Waals surface area contributed by atoms with Gasteiger partial charge in [-0.15, -0.1) is 0 Å². The van der Waals surface area contributed by atoms with Gasteiger partial charge >= 0.3 is 12.3 Å². The highest BCUT2D eigenvalue weighted by molar-refractivity contribution is 5.89. The molecule has 0 saturated carbocycles. The number of nitrogens with zero attached hydrogens (tertiary/aromatic N) is 1. The first-order valence-corrected chi connectivity index (χ1v) is 7.28. The van der Waals surface area contributed by atoms with E-state index in [1.54, 1.807) is 20.8 Å². The topological polar surface area (TPSA) is 29.5 Å². The number of benzene rings is 1. The lowest BCUT2D eigenvalue weighted by atomic mass is 10.0. The maximum atomic E-state index is 12.9. The summed E-state index contributed by atoms with van der Waals surface area (Å²) < 4.78 is 44.1. The first-order valence-electron chi connectivity index (χ1n) is 7.28. The third-order valence-corrected chi connectivity index (χ3v) is 3.40. The zero-order valence-corrected chi connectivity index (χ0v) is 13.0. The van der Waals surface area contributed by atoms with Crippen molar-refractivity contribution in [2.24, 2.45) is 0 Å². The van der Waals surface area contributed by atoms with Gasteiger partial charge in [0.25, 0.3) is 0 Å². The minimum absolute atomic E-state index is 0.307. The van der Waals surface area contributed by atoms with Crippen LogP contribution in [-0.4, -0.2) is 18.2 Å². The molecule has 0 aliphatic carbocycles. The van der Waals surface area contributed by atoms with Crippen molar-refractivity contribution < 1.29 is 22.7 Å². The van der Waals surface area contributed by atoms with Gasteiger partial charge in [0, 0.05) is 6.54 Å². The summed E-state index contributed by atoms with van der Waals surface area (Å²) in [7, 11) is 0. The van der Waals surface area contributed by atoms with Gasteiger partial charge in [0.05, 0.1) is 11.3 Å². The Morgan fingerprint density at radius 1 is 1.18 bits per heavy atom. The standard InChI is InChI=1S/C16H20F3NO2/c1-15(2,3)22-14(21)20-9-5-4-6-11-7-8-12(10-13(11)20)16(17,18)19/h7-8,10H,4-6,9H2,1-3H3. The Morgan fingerprint density at radius 2 is 1.86 bits per heavy atom. The number of hydrogen-bond acceptors (Lipinski definition) is 2. The number of alkyl halides is 3. The van der Waals surface area contributed by atoms with Gasteiger partial charge in [-0.05, 0) is 57.7 Å². The summed E-state index contributed by atoms with van der Waals surface area (Å²) in [5, 5.41) is 0. The molecule has 0 fully saturated rings. The second-order valence-electron chi connectivity index (χ2n) is 6.43. The molecule has 0 N–H and O–H groups in total. The second-order valence-corrected chi connectivity index (χ2v) is 6.43. The Morgan fingerprint density at radius 3 is 2.45 bits per heavy atom. The molecule has 0 bridgehead atoms. The van der Waals surface area contributed by atoms with Crippen LogP contribution in [0, 0.1) is 0 Å². The number of carbonyl (C=O) groups excluding carboxylic acids is 1. The van der Waals surface area contributed by atoms with E-state index < -0.39 is 23.4 Å². The summed E-state index contributed by atoms with van der Waals surface area (Å²) in [5.41, 5.74) is -0.384. The lowest BCUT2D eigenvalue weighted by molar-refractivity contribution is -0.137. The summed E-state index contributed by atoms with van der Waals surface area (Å²) in [6.45, 7) is 5.56. The van der Waals surface area contributed by atoms with Gasteiger partial charge in [-0.1, -0.05) is 6.07 Å². The normalized spacial score (nSPS) is 16.0. The molecule has 0 aromatic heterocycles. The van der Waals surface area contributed by atoms with Gasteiger partial charge in [-0.25, -0.2) is 4.79 Å². The minimum Gasteiger partial charge on any atom is -0.443 e. The van der Waals surface area contributed by atoms with Crippen LogP contribution in [0.15, 0.2) is 18.2 Å². The monoisotopic (exact) mass is 315 g/mol. The van der Waals surface area contributed by atoms with Crippen molar-refractivity contribution in [1.82, 2.24) is 0 Å². The number of hydrogen-bond donors (Lipinski definition) is 0. The molecule has 1 aliphatic heterocycles. The van der Waals surface area contributed by atoms with Gasteiger partial charge < -0.3 is 4.74 Å². The highest BCUT2D eigenvalue weighted by atomic mass is 19.4. The van der Waals surface area contributed by atoms with Crippen LogP contribution in [0.1, 0.15) is 44.7 Å². The quantitative estimate of drug-likeness (QED) is 0.689. The van der Waals surface area contributed by atoms with E-state index in [1.165, 1.54) is 11.0 Å². The molecule has 3 nitrogen and oxygen atoms in total. The van der Waals surface area contributed by atoms with Crippen molar-refractivity contribution in [1.29, 1.82) is 0 Å². The molecule has 1 aromatic carbocycles. The van der Waals surface area contributed by atoms with E-state index in [0.29, 0.717) is 18.7 Å². The largest absolute Gasteiger partial charge is 0.443 e. The molecule has 6 heteroatoms. The van der Waals surface area contributed by atoms with Crippen molar-refractivity contribution in [2.45, 2.75) is 51.8 Å². The average Bonchev–Trinajstić information content (AvgIpc) is 2.56. The van der Waals surface area contributed by atoms with Crippen LogP contribution < -0.4 is 4.90 Å². The third kappa shape index (κ3) is 3.93. The average molecular weight is 315 g/mol. The number of carbonyl (C=O) groups is 1. The predicted octanol–water partition coefficient (Wildman–Crippen LogP) is 4.78. The highest BCUT2D eigenvalue weighted by Gasteiger charge is 2.33. The van der Waals surface area contributed by atoms with Crippen molar-refractivity contribution in [2.75, 3.05) is 11.4 Å². The molecule has 0 radical (unpaired) electrons. The summed E-state index contributed by atoms with van der Waals surface area (Å²) in [6, 6.07) is 3.57. The first-order chi connectivity index (χ1) is 10.1. The number of ether oxygens (including phenoxy) is 1. The Kier molecular flexibility index (Phi) is 4.40. The van der Waals surface area contributed by atoms with Crippen LogP contribution in [0.4, 0.5) is 23.7 Å². The Hall–Kier alpha value is -1.72. The maximum absolute atomic E-state index is 12.9. The zero-order chi connectivity index (χ0) is 16.5. The smallest absolute Gasteiger partial charge is 0.416 e. The van der Waals surface area contributed by atoms with E-state index in [9.17, 15) is 18.0 Å². The number of halogens is 3. The maximum Gasteiger partial charge on any atom is 0.416 e. The van der Waals surface area contributed by atoms with Crippen LogP contribution >= 0.6 is 0 Å². The molecule has 1 heterocycles. The predicted molar refractivity (Wildman–Crippen MR) is 78.0 cm³/mol. The second kappa shape index (κ2) is 5.82. The van der Waals surface area contributed by atoms with E-state index in [0.717, 1.165) is 30.5 Å². The van der Waals surface area contributed by atoms with Crippen LogP contribution in [0.2, 0.25) is 0 Å². The van der Waals surface area contributed by atoms with E-state index in [1.807, 2.05) is 0 Å².